The highest BCUT2D eigenvalue weighted by Gasteiger charge is 2.39. The molecule has 0 atom stereocenters. The van der Waals surface area contributed by atoms with E-state index in [1.165, 1.54) is 18.4 Å². The van der Waals surface area contributed by atoms with Crippen LogP contribution in [0, 0.1) is 11.2 Å². The zero-order valence-electron chi connectivity index (χ0n) is 18.6. The number of hydrogen-bond acceptors (Lipinski definition) is 6. The first-order valence-electron chi connectivity index (χ1n) is 10.2. The van der Waals surface area contributed by atoms with Gasteiger partial charge in [-0.2, -0.15) is 18.2 Å². The van der Waals surface area contributed by atoms with Crippen molar-refractivity contribution in [2.24, 2.45) is 5.41 Å². The first kappa shape index (κ1) is 24.4. The number of halogens is 4. The Morgan fingerprint density at radius 2 is 1.73 bits per heavy atom. The number of hydrogen-bond donors (Lipinski definition) is 1. The number of nitrogens with one attached hydrogen (secondary N) is 1. The van der Waals surface area contributed by atoms with Crippen LogP contribution in [0.1, 0.15) is 51.5 Å². The molecule has 33 heavy (non-hydrogen) atoms. The molecule has 0 fully saturated rings. The van der Waals surface area contributed by atoms with E-state index >= 15 is 0 Å². The van der Waals surface area contributed by atoms with Crippen molar-refractivity contribution >= 4 is 5.91 Å². The summed E-state index contributed by atoms with van der Waals surface area (Å²) in [5.74, 6) is -1.83. The van der Waals surface area contributed by atoms with E-state index in [4.69, 9.17) is 4.42 Å². The number of benzene rings is 1. The Balaban J connectivity index is 1.58. The second kappa shape index (κ2) is 8.95. The van der Waals surface area contributed by atoms with Crippen LogP contribution in [0.3, 0.4) is 0 Å². The zero-order chi connectivity index (χ0) is 24.4. The Morgan fingerprint density at radius 3 is 2.33 bits per heavy atom. The summed E-state index contributed by atoms with van der Waals surface area (Å²) < 4.78 is 60.6. The molecule has 0 aliphatic rings. The molecule has 0 unspecified atom stereocenters. The number of aromatic nitrogens is 3. The van der Waals surface area contributed by atoms with Crippen LogP contribution in [-0.2, 0) is 22.8 Å². The van der Waals surface area contributed by atoms with Crippen LogP contribution in [0.15, 0.2) is 39.5 Å². The predicted octanol–water partition coefficient (Wildman–Crippen LogP) is 4.94. The first-order chi connectivity index (χ1) is 15.3. The molecule has 0 aliphatic carbocycles. The standard InChI is InChI=1S/C22H24F4N4O3/c1-20(2,10-9-16-29-19(33-30-16)22(24,25)26)18(31)27-12-21(3,4)15-11-32-17(28-15)13-5-7-14(23)8-6-13/h5-8,11H,9-10,12H2,1-4H3,(H,27,31). The molecule has 1 N–H and O–H groups in total. The average molecular weight is 468 g/mol. The SMILES string of the molecule is CC(C)(CCc1noc(C(F)(F)F)n1)C(=O)NCC(C)(C)c1coc(-c2ccc(F)cc2)n1. The van der Waals surface area contributed by atoms with Crippen molar-refractivity contribution in [1.82, 2.24) is 20.4 Å². The lowest BCUT2D eigenvalue weighted by Crippen LogP contribution is -2.43. The van der Waals surface area contributed by atoms with Crippen LogP contribution in [0.2, 0.25) is 0 Å². The predicted molar refractivity (Wildman–Crippen MR) is 109 cm³/mol. The summed E-state index contributed by atoms with van der Waals surface area (Å²) in [5.41, 5.74) is -0.244. The molecule has 1 amide bonds. The van der Waals surface area contributed by atoms with Crippen LogP contribution in [0.4, 0.5) is 17.6 Å². The van der Waals surface area contributed by atoms with Crippen molar-refractivity contribution in [2.75, 3.05) is 6.54 Å². The fourth-order valence-corrected chi connectivity index (χ4v) is 2.95. The van der Waals surface area contributed by atoms with Gasteiger partial charge >= 0.3 is 12.1 Å². The van der Waals surface area contributed by atoms with E-state index in [0.29, 0.717) is 17.1 Å². The number of aryl methyl sites for hydroxylation is 1. The molecule has 0 radical (unpaired) electrons. The van der Waals surface area contributed by atoms with Gasteiger partial charge in [-0.1, -0.05) is 32.9 Å². The molecule has 0 bridgehead atoms. The molecule has 2 aromatic heterocycles. The molecule has 0 aliphatic heterocycles. The lowest BCUT2D eigenvalue weighted by Gasteiger charge is -2.27. The Bertz CT molecular complexity index is 1100. The zero-order valence-corrected chi connectivity index (χ0v) is 18.6. The number of carbonyl (C=O) groups is 1. The van der Waals surface area contributed by atoms with Gasteiger partial charge in [-0.25, -0.2) is 9.37 Å². The highest BCUT2D eigenvalue weighted by Crippen LogP contribution is 2.30. The highest BCUT2D eigenvalue weighted by atomic mass is 19.4. The average Bonchev–Trinajstić information content (AvgIpc) is 3.41. The van der Waals surface area contributed by atoms with Crippen LogP contribution in [0.5, 0.6) is 0 Å². The van der Waals surface area contributed by atoms with E-state index in [1.54, 1.807) is 26.0 Å². The second-order valence-corrected chi connectivity index (χ2v) is 9.01. The maximum Gasteiger partial charge on any atom is 0.471 e. The van der Waals surface area contributed by atoms with Gasteiger partial charge in [0.15, 0.2) is 5.82 Å². The van der Waals surface area contributed by atoms with Gasteiger partial charge in [-0.3, -0.25) is 4.79 Å². The Hall–Kier alpha value is -3.24. The van der Waals surface area contributed by atoms with Gasteiger partial charge in [0, 0.05) is 29.4 Å². The molecule has 3 aromatic rings. The molecule has 0 saturated heterocycles. The van der Waals surface area contributed by atoms with Crippen molar-refractivity contribution in [3.8, 4) is 11.5 Å². The van der Waals surface area contributed by atoms with Crippen molar-refractivity contribution in [2.45, 2.75) is 52.1 Å². The Morgan fingerprint density at radius 1 is 1.06 bits per heavy atom. The maximum absolute atomic E-state index is 13.1. The fraction of sp³-hybridized carbons (Fsp3) is 0.455. The second-order valence-electron chi connectivity index (χ2n) is 9.01. The third kappa shape index (κ3) is 5.96. The van der Waals surface area contributed by atoms with Crippen molar-refractivity contribution in [1.29, 1.82) is 0 Å². The normalized spacial score (nSPS) is 12.7. The van der Waals surface area contributed by atoms with Gasteiger partial charge < -0.3 is 14.3 Å². The Kier molecular flexibility index (Phi) is 6.62. The summed E-state index contributed by atoms with van der Waals surface area (Å²) in [6.07, 6.45) is -2.95. The topological polar surface area (TPSA) is 94.0 Å². The minimum Gasteiger partial charge on any atom is -0.444 e. The molecular weight excluding hydrogens is 444 g/mol. The molecule has 3 rings (SSSR count). The van der Waals surface area contributed by atoms with Crippen LogP contribution in [0.25, 0.3) is 11.5 Å². The van der Waals surface area contributed by atoms with Crippen LogP contribution >= 0.6 is 0 Å². The van der Waals surface area contributed by atoms with E-state index in [0.717, 1.165) is 0 Å². The minimum absolute atomic E-state index is 0.0493. The van der Waals surface area contributed by atoms with Crippen LogP contribution < -0.4 is 5.32 Å². The molecule has 2 heterocycles. The minimum atomic E-state index is -4.71. The van der Waals surface area contributed by atoms with Crippen LogP contribution in [-0.4, -0.2) is 27.6 Å². The van der Waals surface area contributed by atoms with Gasteiger partial charge in [0.1, 0.15) is 12.1 Å². The molecule has 178 valence electrons. The van der Waals surface area contributed by atoms with Gasteiger partial charge in [0.25, 0.3) is 0 Å². The molecule has 1 aromatic carbocycles. The maximum atomic E-state index is 13.1. The number of oxazole rings is 1. The van der Waals surface area contributed by atoms with Gasteiger partial charge in [-0.05, 0) is 30.7 Å². The number of amides is 1. The van der Waals surface area contributed by atoms with E-state index in [1.807, 2.05) is 13.8 Å². The lowest BCUT2D eigenvalue weighted by atomic mass is 9.85. The summed E-state index contributed by atoms with van der Waals surface area (Å²) in [6.45, 7) is 7.37. The van der Waals surface area contributed by atoms with Crippen molar-refractivity contribution in [3.05, 3.63) is 53.8 Å². The largest absolute Gasteiger partial charge is 0.471 e. The highest BCUT2D eigenvalue weighted by molar-refractivity contribution is 5.81. The number of alkyl halides is 3. The summed E-state index contributed by atoms with van der Waals surface area (Å²) in [6, 6.07) is 5.74. The molecule has 0 saturated carbocycles. The molecule has 11 heteroatoms. The van der Waals surface area contributed by atoms with Gasteiger partial charge in [0.2, 0.25) is 11.8 Å². The molecule has 0 spiro atoms. The van der Waals surface area contributed by atoms with Gasteiger partial charge in [0.05, 0.1) is 5.69 Å². The Labute approximate surface area is 187 Å². The summed E-state index contributed by atoms with van der Waals surface area (Å²) in [5, 5.41) is 6.19. The van der Waals surface area contributed by atoms with E-state index in [9.17, 15) is 22.4 Å². The summed E-state index contributed by atoms with van der Waals surface area (Å²) in [7, 11) is 0. The number of nitrogens with zero attached hydrogens (tertiary/aromatic N) is 3. The molecule has 7 nitrogen and oxygen atoms in total. The summed E-state index contributed by atoms with van der Waals surface area (Å²) >= 11 is 0. The first-order valence-corrected chi connectivity index (χ1v) is 10.2. The van der Waals surface area contributed by atoms with Crippen molar-refractivity contribution < 1.29 is 31.3 Å². The number of carbonyl (C=O) groups excluding carboxylic acids is 1. The monoisotopic (exact) mass is 468 g/mol. The number of rotatable bonds is 8. The quantitative estimate of drug-likeness (QED) is 0.471. The third-order valence-corrected chi connectivity index (χ3v) is 5.28. The summed E-state index contributed by atoms with van der Waals surface area (Å²) in [4.78, 5) is 20.5. The smallest absolute Gasteiger partial charge is 0.444 e. The fourth-order valence-electron chi connectivity index (χ4n) is 2.95. The van der Waals surface area contributed by atoms with E-state index in [-0.39, 0.29) is 36.9 Å². The van der Waals surface area contributed by atoms with Gasteiger partial charge in [-0.15, -0.1) is 0 Å². The van der Waals surface area contributed by atoms with Crippen molar-refractivity contribution in [3.63, 3.8) is 0 Å². The van der Waals surface area contributed by atoms with E-state index in [2.05, 4.69) is 25.0 Å². The third-order valence-electron chi connectivity index (χ3n) is 5.28. The lowest BCUT2D eigenvalue weighted by molar-refractivity contribution is -0.159. The van der Waals surface area contributed by atoms with E-state index < -0.39 is 22.9 Å². The molecular formula is C22H24F4N4O3.